The quantitative estimate of drug-likeness (QED) is 0.0456. The molecule has 0 fully saturated rings. The van der Waals surface area contributed by atoms with Crippen molar-refractivity contribution in [2.24, 2.45) is 11.8 Å². The lowest BCUT2D eigenvalue weighted by molar-refractivity contribution is -0.00999. The van der Waals surface area contributed by atoms with Crippen molar-refractivity contribution in [3.63, 3.8) is 0 Å². The van der Waals surface area contributed by atoms with E-state index in [0.29, 0.717) is 48.1 Å². The van der Waals surface area contributed by atoms with Crippen LogP contribution in [0.25, 0.3) is 0 Å². The van der Waals surface area contributed by atoms with E-state index in [0.717, 1.165) is 13.2 Å². The molecule has 0 bridgehead atoms. The van der Waals surface area contributed by atoms with Crippen LogP contribution in [0.2, 0.25) is 0 Å². The van der Waals surface area contributed by atoms with Crippen LogP contribution in [0.1, 0.15) is 250 Å². The molecule has 3 heteroatoms. The maximum absolute atomic E-state index is 6.89. The highest BCUT2D eigenvalue weighted by molar-refractivity contribution is 4.85. The molecule has 4 unspecified atom stereocenters. The van der Waals surface area contributed by atoms with Gasteiger partial charge in [-0.25, -0.2) is 0 Å². The Kier molecular flexibility index (Phi) is 37.2. The predicted octanol–water partition coefficient (Wildman–Crippen LogP) is 16.5. The predicted molar refractivity (Wildman–Crippen MR) is 251 cm³/mol. The molecule has 328 valence electrons. The first-order valence-electron chi connectivity index (χ1n) is 24.9. The van der Waals surface area contributed by atoms with E-state index in [-0.39, 0.29) is 0 Å². The number of ether oxygens (including phenoxy) is 1. The molecule has 0 radical (unpaired) electrons. The van der Waals surface area contributed by atoms with Crippen LogP contribution >= 0.6 is 0 Å². The van der Waals surface area contributed by atoms with Crippen LogP contribution in [0, 0.1) is 11.8 Å². The smallest absolute Gasteiger partial charge is 0.0509 e. The van der Waals surface area contributed by atoms with E-state index in [9.17, 15) is 0 Å². The first-order valence-corrected chi connectivity index (χ1v) is 24.9. The molecule has 55 heavy (non-hydrogen) atoms. The summed E-state index contributed by atoms with van der Waals surface area (Å²) in [6, 6.07) is 3.27. The average Bonchev–Trinajstić information content (AvgIpc) is 3.12. The van der Waals surface area contributed by atoms with Gasteiger partial charge in [0, 0.05) is 36.3 Å². The van der Waals surface area contributed by atoms with Crippen LogP contribution in [-0.2, 0) is 4.74 Å². The molecule has 0 spiro atoms. The Hall–Kier alpha value is -0.640. The topological polar surface area (TPSA) is 15.7 Å². The summed E-state index contributed by atoms with van der Waals surface area (Å²) in [6.45, 7) is 30.4. The third kappa shape index (κ3) is 29.3. The molecular weight excluding hydrogens is 669 g/mol. The summed E-state index contributed by atoms with van der Waals surface area (Å²) < 4.78 is 6.89. The maximum Gasteiger partial charge on any atom is 0.0509 e. The van der Waals surface area contributed by atoms with Crippen molar-refractivity contribution in [1.82, 2.24) is 9.80 Å². The number of allylic oxidation sites excluding steroid dienone is 4. The SMILES string of the molecule is CCCCCCCC/C=C\CCCCCCC(COCC(CCCCCC/C=C\CCCCCCCC)C(C)N(C(C)C)C(C)C)C(C)N(C(C)C)C(C)C. The van der Waals surface area contributed by atoms with Crippen LogP contribution in [0.15, 0.2) is 24.3 Å². The van der Waals surface area contributed by atoms with Gasteiger partial charge in [-0.15, -0.1) is 0 Å². The zero-order chi connectivity index (χ0) is 41.1. The normalized spacial score (nSPS) is 15.0. The molecule has 4 atom stereocenters. The van der Waals surface area contributed by atoms with E-state index in [4.69, 9.17) is 4.74 Å². The summed E-state index contributed by atoms with van der Waals surface area (Å²) in [5.41, 5.74) is 0. The molecule has 0 heterocycles. The minimum absolute atomic E-state index is 0.531. The average molecular weight is 773 g/mol. The van der Waals surface area contributed by atoms with Crippen molar-refractivity contribution < 1.29 is 4.74 Å². The van der Waals surface area contributed by atoms with E-state index in [1.807, 2.05) is 0 Å². The van der Waals surface area contributed by atoms with Gasteiger partial charge >= 0.3 is 0 Å². The molecule has 0 N–H and O–H groups in total. The first kappa shape index (κ1) is 54.4. The molecule has 0 aliphatic heterocycles. The number of nitrogens with zero attached hydrogens (tertiary/aromatic N) is 2. The molecule has 0 saturated heterocycles. The lowest BCUT2D eigenvalue weighted by Crippen LogP contribution is -2.49. The van der Waals surface area contributed by atoms with Crippen LogP contribution < -0.4 is 0 Å². The highest BCUT2D eigenvalue weighted by atomic mass is 16.5. The van der Waals surface area contributed by atoms with Crippen molar-refractivity contribution >= 4 is 0 Å². The Morgan fingerprint density at radius 2 is 0.600 bits per heavy atom. The lowest BCUT2D eigenvalue weighted by atomic mass is 9.91. The van der Waals surface area contributed by atoms with Crippen molar-refractivity contribution in [2.45, 2.75) is 286 Å². The maximum atomic E-state index is 6.89. The highest BCUT2D eigenvalue weighted by Crippen LogP contribution is 2.27. The number of hydrogen-bond donors (Lipinski definition) is 0. The van der Waals surface area contributed by atoms with Crippen molar-refractivity contribution in [3.8, 4) is 0 Å². The molecule has 0 aliphatic carbocycles. The summed E-state index contributed by atoms with van der Waals surface area (Å²) in [5, 5.41) is 0. The number of hydrogen-bond acceptors (Lipinski definition) is 3. The van der Waals surface area contributed by atoms with E-state index in [1.54, 1.807) is 0 Å². The summed E-state index contributed by atoms with van der Waals surface area (Å²) in [4.78, 5) is 5.48. The second-order valence-electron chi connectivity index (χ2n) is 18.8. The van der Waals surface area contributed by atoms with Gasteiger partial charge in [-0.3, -0.25) is 9.80 Å². The summed E-state index contributed by atoms with van der Waals surface area (Å²) in [7, 11) is 0. The van der Waals surface area contributed by atoms with Crippen molar-refractivity contribution in [1.29, 1.82) is 0 Å². The largest absolute Gasteiger partial charge is 0.381 e. The first-order chi connectivity index (χ1) is 26.5. The number of unbranched alkanes of at least 4 members (excludes halogenated alkanes) is 20. The van der Waals surface area contributed by atoms with Gasteiger partial charge in [0.15, 0.2) is 0 Å². The monoisotopic (exact) mass is 773 g/mol. The van der Waals surface area contributed by atoms with E-state index >= 15 is 0 Å². The van der Waals surface area contributed by atoms with Gasteiger partial charge in [0.05, 0.1) is 13.2 Å². The summed E-state index contributed by atoms with van der Waals surface area (Å²) in [6.07, 6.45) is 44.9. The molecule has 0 aromatic carbocycles. The Morgan fingerprint density at radius 3 is 0.873 bits per heavy atom. The molecule has 0 aromatic rings. The standard InChI is InChI=1S/C52H104N2O/c1-13-15-17-19-21-23-25-27-29-31-33-35-37-39-41-51(49(11)53(45(3)4)46(5)6)43-55-44-52(50(12)54(47(7)8)48(9)10)42-40-38-36-34-32-30-28-26-24-22-20-18-16-14-2/h27-30,45-52H,13-26,31-44H2,1-12H3/b29-27-,30-28-. The van der Waals surface area contributed by atoms with Crippen LogP contribution in [0.4, 0.5) is 0 Å². The van der Waals surface area contributed by atoms with Gasteiger partial charge in [0.25, 0.3) is 0 Å². The fraction of sp³-hybridized carbons (Fsp3) is 0.923. The molecule has 0 rings (SSSR count). The fourth-order valence-corrected chi connectivity index (χ4v) is 9.46. The second-order valence-corrected chi connectivity index (χ2v) is 18.8. The summed E-state index contributed by atoms with van der Waals surface area (Å²) in [5.74, 6) is 1.16. The van der Waals surface area contributed by atoms with Gasteiger partial charge in [0.2, 0.25) is 0 Å². The van der Waals surface area contributed by atoms with Crippen LogP contribution in [-0.4, -0.2) is 59.3 Å². The van der Waals surface area contributed by atoms with Crippen molar-refractivity contribution in [2.75, 3.05) is 13.2 Å². The molecule has 3 nitrogen and oxygen atoms in total. The van der Waals surface area contributed by atoms with Gasteiger partial charge < -0.3 is 4.74 Å². The van der Waals surface area contributed by atoms with Gasteiger partial charge in [0.1, 0.15) is 0 Å². The lowest BCUT2D eigenvalue weighted by Gasteiger charge is -2.42. The molecule has 0 amide bonds. The molecule has 0 aliphatic rings. The fourth-order valence-electron chi connectivity index (χ4n) is 9.46. The zero-order valence-electron chi connectivity index (χ0n) is 40.0. The van der Waals surface area contributed by atoms with Crippen molar-refractivity contribution in [3.05, 3.63) is 24.3 Å². The van der Waals surface area contributed by atoms with Gasteiger partial charge in [-0.2, -0.15) is 0 Å². The molecule has 0 aromatic heterocycles. The zero-order valence-corrected chi connectivity index (χ0v) is 40.0. The minimum Gasteiger partial charge on any atom is -0.381 e. The Morgan fingerprint density at radius 1 is 0.345 bits per heavy atom. The number of rotatable bonds is 40. The Labute approximate surface area is 349 Å². The van der Waals surface area contributed by atoms with Crippen LogP contribution in [0.5, 0.6) is 0 Å². The summed E-state index contributed by atoms with van der Waals surface area (Å²) >= 11 is 0. The minimum atomic E-state index is 0.531. The second kappa shape index (κ2) is 37.6. The third-order valence-corrected chi connectivity index (χ3v) is 12.5. The van der Waals surface area contributed by atoms with E-state index < -0.39 is 0 Å². The van der Waals surface area contributed by atoms with Crippen LogP contribution in [0.3, 0.4) is 0 Å². The Balaban J connectivity index is 5.06. The van der Waals surface area contributed by atoms with Gasteiger partial charge in [-0.1, -0.05) is 141 Å². The molecule has 0 saturated carbocycles. The third-order valence-electron chi connectivity index (χ3n) is 12.5. The molecular formula is C52H104N2O. The van der Waals surface area contributed by atoms with Gasteiger partial charge in [-0.05, 0) is 145 Å². The van der Waals surface area contributed by atoms with E-state index in [2.05, 4.69) is 117 Å². The van der Waals surface area contributed by atoms with E-state index in [1.165, 1.54) is 167 Å². The highest BCUT2D eigenvalue weighted by Gasteiger charge is 2.30. The Bertz CT molecular complexity index is 763.